The molecule has 2 unspecified atom stereocenters. The van der Waals surface area contributed by atoms with Crippen molar-refractivity contribution in [1.82, 2.24) is 5.32 Å². The van der Waals surface area contributed by atoms with Crippen LogP contribution in [0.3, 0.4) is 0 Å². The van der Waals surface area contributed by atoms with E-state index in [1.165, 1.54) is 6.42 Å². The molecule has 0 radical (unpaired) electrons. The molecule has 2 saturated carbocycles. The molecule has 0 aliphatic heterocycles. The molecule has 2 atom stereocenters. The highest BCUT2D eigenvalue weighted by molar-refractivity contribution is 5.92. The first-order valence-corrected chi connectivity index (χ1v) is 8.46. The highest BCUT2D eigenvalue weighted by Gasteiger charge is 2.40. The van der Waals surface area contributed by atoms with Crippen molar-refractivity contribution in [2.24, 2.45) is 29.2 Å². The van der Waals surface area contributed by atoms with E-state index in [9.17, 15) is 9.59 Å². The summed E-state index contributed by atoms with van der Waals surface area (Å²) in [5, 5.41) is 3.01. The minimum absolute atomic E-state index is 0.0735. The van der Waals surface area contributed by atoms with Crippen molar-refractivity contribution in [3.63, 3.8) is 0 Å². The van der Waals surface area contributed by atoms with Crippen LogP contribution >= 0.6 is 0 Å². The Labute approximate surface area is 136 Å². The smallest absolute Gasteiger partial charge is 0.248 e. The van der Waals surface area contributed by atoms with Crippen molar-refractivity contribution >= 4 is 11.8 Å². The van der Waals surface area contributed by atoms with Gasteiger partial charge < -0.3 is 16.8 Å². The van der Waals surface area contributed by atoms with Crippen molar-refractivity contribution in [3.05, 3.63) is 35.4 Å². The Morgan fingerprint density at radius 3 is 2.52 bits per heavy atom. The van der Waals surface area contributed by atoms with Crippen molar-refractivity contribution in [2.75, 3.05) is 0 Å². The van der Waals surface area contributed by atoms with Crippen LogP contribution in [0.25, 0.3) is 0 Å². The van der Waals surface area contributed by atoms with Crippen LogP contribution in [-0.4, -0.2) is 17.9 Å². The second-order valence-electron chi connectivity index (χ2n) is 6.98. The van der Waals surface area contributed by atoms with Gasteiger partial charge in [-0.2, -0.15) is 0 Å². The first-order chi connectivity index (χ1) is 11.0. The van der Waals surface area contributed by atoms with E-state index in [2.05, 4.69) is 5.32 Å². The first-order valence-electron chi connectivity index (χ1n) is 8.46. The van der Waals surface area contributed by atoms with E-state index in [0.717, 1.165) is 31.2 Å². The van der Waals surface area contributed by atoms with Gasteiger partial charge in [-0.05, 0) is 55.2 Å². The zero-order chi connectivity index (χ0) is 16.4. The number of carbonyl (C=O) groups excluding carboxylic acids is 2. The zero-order valence-corrected chi connectivity index (χ0v) is 13.3. The Morgan fingerprint density at radius 2 is 1.87 bits per heavy atom. The normalized spacial score (nSPS) is 29.8. The minimum atomic E-state index is -0.452. The van der Waals surface area contributed by atoms with Crippen LogP contribution < -0.4 is 16.8 Å². The molecule has 2 aliphatic carbocycles. The predicted octanol–water partition coefficient (Wildman–Crippen LogP) is 1.56. The van der Waals surface area contributed by atoms with Gasteiger partial charge in [0.2, 0.25) is 11.8 Å². The van der Waals surface area contributed by atoms with Gasteiger partial charge in [0.1, 0.15) is 0 Å². The Morgan fingerprint density at radius 1 is 1.17 bits per heavy atom. The fourth-order valence-electron chi connectivity index (χ4n) is 4.17. The lowest BCUT2D eigenvalue weighted by Gasteiger charge is -2.43. The van der Waals surface area contributed by atoms with Gasteiger partial charge in [0.25, 0.3) is 0 Å². The number of nitrogens with two attached hydrogens (primary N) is 2. The highest BCUT2D eigenvalue weighted by atomic mass is 16.2. The van der Waals surface area contributed by atoms with Crippen LogP contribution in [0.4, 0.5) is 0 Å². The number of hydrogen-bond donors (Lipinski definition) is 3. The summed E-state index contributed by atoms with van der Waals surface area (Å²) in [5.74, 6) is 0.725. The van der Waals surface area contributed by atoms with Crippen molar-refractivity contribution < 1.29 is 9.59 Å². The van der Waals surface area contributed by atoms with Crippen molar-refractivity contribution in [1.29, 1.82) is 0 Å². The highest BCUT2D eigenvalue weighted by Crippen LogP contribution is 2.41. The molecule has 124 valence electrons. The van der Waals surface area contributed by atoms with Crippen LogP contribution in [-0.2, 0) is 11.3 Å². The maximum atomic E-state index is 12.5. The molecule has 1 aromatic carbocycles. The third-order valence-corrected chi connectivity index (χ3v) is 5.46. The Hall–Kier alpha value is -1.88. The molecule has 3 rings (SSSR count). The first kappa shape index (κ1) is 16.0. The molecule has 0 spiro atoms. The van der Waals surface area contributed by atoms with E-state index in [1.807, 2.05) is 6.07 Å². The molecule has 5 heteroatoms. The quantitative estimate of drug-likeness (QED) is 0.786. The van der Waals surface area contributed by atoms with Gasteiger partial charge in [-0.15, -0.1) is 0 Å². The summed E-state index contributed by atoms with van der Waals surface area (Å²) in [7, 11) is 0. The Balaban J connectivity index is 1.57. The molecule has 23 heavy (non-hydrogen) atoms. The number of fused-ring (bicyclic) bond motifs is 2. The number of hydrogen-bond acceptors (Lipinski definition) is 3. The lowest BCUT2D eigenvalue weighted by atomic mass is 9.65. The van der Waals surface area contributed by atoms with Gasteiger partial charge >= 0.3 is 0 Å². The van der Waals surface area contributed by atoms with Crippen molar-refractivity contribution in [3.8, 4) is 0 Å². The molecule has 5 N–H and O–H groups in total. The lowest BCUT2D eigenvalue weighted by molar-refractivity contribution is -0.128. The monoisotopic (exact) mass is 315 g/mol. The van der Waals surface area contributed by atoms with Gasteiger partial charge in [-0.3, -0.25) is 9.59 Å². The molecule has 0 heterocycles. The average Bonchev–Trinajstić information content (AvgIpc) is 2.52. The van der Waals surface area contributed by atoms with Gasteiger partial charge in [0, 0.05) is 24.1 Å². The minimum Gasteiger partial charge on any atom is -0.366 e. The molecular weight excluding hydrogens is 290 g/mol. The Bertz CT molecular complexity index is 588. The SMILES string of the molecule is NC(=O)c1cccc(CNC(=O)C2CC3CCCC(C2)C3N)c1. The second-order valence-corrected chi connectivity index (χ2v) is 6.98. The maximum Gasteiger partial charge on any atom is 0.248 e. The van der Waals surface area contributed by atoms with E-state index in [1.54, 1.807) is 18.2 Å². The third kappa shape index (κ3) is 3.55. The molecule has 1 aromatic rings. The summed E-state index contributed by atoms with van der Waals surface area (Å²) in [5.41, 5.74) is 12.9. The summed E-state index contributed by atoms with van der Waals surface area (Å²) in [6.07, 6.45) is 5.37. The largest absolute Gasteiger partial charge is 0.366 e. The summed E-state index contributed by atoms with van der Waals surface area (Å²) in [6, 6.07) is 7.36. The van der Waals surface area contributed by atoms with E-state index >= 15 is 0 Å². The Kier molecular flexibility index (Phi) is 4.66. The standard InChI is InChI=1S/C18H25N3O2/c19-16-12-4-2-5-13(16)9-15(8-12)18(23)21-10-11-3-1-6-14(7-11)17(20)22/h1,3,6-7,12-13,15-16H,2,4-5,8-10,19H2,(H2,20,22)(H,21,23). The molecule has 5 nitrogen and oxygen atoms in total. The lowest BCUT2D eigenvalue weighted by Crippen LogP contribution is -2.49. The average molecular weight is 315 g/mol. The molecular formula is C18H25N3O2. The number of benzene rings is 1. The fraction of sp³-hybridized carbons (Fsp3) is 0.556. The summed E-state index contributed by atoms with van der Waals surface area (Å²) in [6.45, 7) is 0.428. The molecule has 2 fully saturated rings. The van der Waals surface area contributed by atoms with Crippen LogP contribution in [0, 0.1) is 17.8 Å². The van der Waals surface area contributed by atoms with Crippen LogP contribution in [0.15, 0.2) is 24.3 Å². The number of nitrogens with one attached hydrogen (secondary N) is 1. The molecule has 2 bridgehead atoms. The van der Waals surface area contributed by atoms with E-state index in [-0.39, 0.29) is 17.9 Å². The molecule has 0 saturated heterocycles. The topological polar surface area (TPSA) is 98.2 Å². The number of rotatable bonds is 4. The fourth-order valence-corrected chi connectivity index (χ4v) is 4.17. The molecule has 2 aliphatic rings. The van der Waals surface area contributed by atoms with E-state index < -0.39 is 5.91 Å². The van der Waals surface area contributed by atoms with Gasteiger partial charge in [-0.1, -0.05) is 18.6 Å². The number of amides is 2. The second kappa shape index (κ2) is 6.71. The van der Waals surface area contributed by atoms with Crippen LogP contribution in [0.5, 0.6) is 0 Å². The summed E-state index contributed by atoms with van der Waals surface area (Å²) < 4.78 is 0. The zero-order valence-electron chi connectivity index (χ0n) is 13.3. The van der Waals surface area contributed by atoms with Gasteiger partial charge in [0.05, 0.1) is 0 Å². The van der Waals surface area contributed by atoms with Gasteiger partial charge in [-0.25, -0.2) is 0 Å². The summed E-state index contributed by atoms with van der Waals surface area (Å²) in [4.78, 5) is 23.7. The van der Waals surface area contributed by atoms with Crippen LogP contribution in [0.2, 0.25) is 0 Å². The molecule has 0 aromatic heterocycles. The third-order valence-electron chi connectivity index (χ3n) is 5.46. The number of carbonyl (C=O) groups is 2. The van der Waals surface area contributed by atoms with E-state index in [0.29, 0.717) is 23.9 Å². The number of primary amides is 1. The van der Waals surface area contributed by atoms with Gasteiger partial charge in [0.15, 0.2) is 0 Å². The van der Waals surface area contributed by atoms with E-state index in [4.69, 9.17) is 11.5 Å². The molecule has 2 amide bonds. The predicted molar refractivity (Wildman–Crippen MR) is 88.3 cm³/mol. The summed E-state index contributed by atoms with van der Waals surface area (Å²) >= 11 is 0. The van der Waals surface area contributed by atoms with Crippen LogP contribution in [0.1, 0.15) is 48.0 Å². The van der Waals surface area contributed by atoms with Crippen molar-refractivity contribution in [2.45, 2.75) is 44.7 Å². The maximum absolute atomic E-state index is 12.5.